The van der Waals surface area contributed by atoms with E-state index < -0.39 is 0 Å². The maximum atomic E-state index is 5.95. The molecule has 5 heterocycles. The van der Waals surface area contributed by atoms with Gasteiger partial charge in [-0.05, 0) is 48.6 Å². The Morgan fingerprint density at radius 2 is 1.86 bits per heavy atom. The molecule has 2 unspecified atom stereocenters. The normalized spacial score (nSPS) is 21.5. The highest BCUT2D eigenvalue weighted by Crippen LogP contribution is 2.30. The van der Waals surface area contributed by atoms with Crippen molar-refractivity contribution in [1.82, 2.24) is 20.2 Å². The van der Waals surface area contributed by atoms with Crippen molar-refractivity contribution in [2.45, 2.75) is 44.8 Å². The summed E-state index contributed by atoms with van der Waals surface area (Å²) in [4.78, 5) is 11.7. The monoisotopic (exact) mass is 376 g/mol. The number of anilines is 3. The number of fused-ring (bicyclic) bond motifs is 3. The summed E-state index contributed by atoms with van der Waals surface area (Å²) < 4.78 is 5.95. The van der Waals surface area contributed by atoms with Crippen LogP contribution >= 0.6 is 0 Å². The quantitative estimate of drug-likeness (QED) is 0.745. The molecule has 0 spiro atoms. The van der Waals surface area contributed by atoms with E-state index in [2.05, 4.69) is 45.3 Å². The van der Waals surface area contributed by atoms with Gasteiger partial charge in [0, 0.05) is 13.1 Å². The molecule has 1 N–H and O–H groups in total. The van der Waals surface area contributed by atoms with Crippen LogP contribution in [0.1, 0.15) is 38.2 Å². The first-order valence-corrected chi connectivity index (χ1v) is 9.91. The number of rotatable bonds is 4. The van der Waals surface area contributed by atoms with Gasteiger partial charge in [-0.2, -0.15) is 5.10 Å². The Morgan fingerprint density at radius 1 is 1.04 bits per heavy atom. The van der Waals surface area contributed by atoms with E-state index in [-0.39, 0.29) is 0 Å². The molecule has 0 aliphatic carbocycles. The zero-order valence-corrected chi connectivity index (χ0v) is 16.2. The lowest BCUT2D eigenvalue weighted by atomic mass is 10.1. The van der Waals surface area contributed by atoms with E-state index in [4.69, 9.17) is 9.72 Å². The third-order valence-corrected chi connectivity index (χ3v) is 5.53. The van der Waals surface area contributed by atoms with Gasteiger partial charge < -0.3 is 15.0 Å². The highest BCUT2D eigenvalue weighted by atomic mass is 16.5. The topological polar surface area (TPSA) is 76.1 Å². The van der Waals surface area contributed by atoms with Crippen LogP contribution in [0.3, 0.4) is 0 Å². The van der Waals surface area contributed by atoms with Crippen LogP contribution in [0.2, 0.25) is 0 Å². The van der Waals surface area contributed by atoms with Gasteiger partial charge in [-0.15, -0.1) is 5.10 Å². The predicted molar refractivity (Wildman–Crippen MR) is 109 cm³/mol. The molecule has 2 aliphatic rings. The van der Waals surface area contributed by atoms with Crippen molar-refractivity contribution >= 4 is 28.4 Å². The van der Waals surface area contributed by atoms with E-state index in [0.29, 0.717) is 23.9 Å². The maximum absolute atomic E-state index is 5.95. The van der Waals surface area contributed by atoms with Gasteiger partial charge in [-0.1, -0.05) is 13.8 Å². The fraction of sp³-hybridized carbons (Fsp3) is 0.429. The van der Waals surface area contributed by atoms with Gasteiger partial charge in [-0.25, -0.2) is 4.98 Å². The minimum Gasteiger partial charge on any atom is -0.371 e. The SMILES string of the molecule is CC(C)c1cnnc(Nc2ccc3ncc(N4CC5CCC(C4)O5)cc3n2)c1. The summed E-state index contributed by atoms with van der Waals surface area (Å²) in [6, 6.07) is 8.04. The van der Waals surface area contributed by atoms with Crippen LogP contribution in [-0.2, 0) is 4.74 Å². The summed E-state index contributed by atoms with van der Waals surface area (Å²) in [5.41, 5.74) is 4.00. The molecule has 0 amide bonds. The third kappa shape index (κ3) is 3.38. The molecule has 0 radical (unpaired) electrons. The van der Waals surface area contributed by atoms with E-state index in [1.165, 1.54) is 0 Å². The van der Waals surface area contributed by atoms with Crippen LogP contribution in [0, 0.1) is 0 Å². The number of hydrogen-bond acceptors (Lipinski definition) is 7. The molecule has 7 nitrogen and oxygen atoms in total. The molecule has 2 fully saturated rings. The van der Waals surface area contributed by atoms with Crippen LogP contribution < -0.4 is 10.2 Å². The fourth-order valence-electron chi connectivity index (χ4n) is 3.95. The van der Waals surface area contributed by atoms with Crippen molar-refractivity contribution in [3.63, 3.8) is 0 Å². The highest BCUT2D eigenvalue weighted by molar-refractivity contribution is 5.80. The van der Waals surface area contributed by atoms with Crippen LogP contribution in [-0.4, -0.2) is 45.5 Å². The number of ether oxygens (including phenoxy) is 1. The van der Waals surface area contributed by atoms with Crippen LogP contribution in [0.15, 0.2) is 36.7 Å². The Labute approximate surface area is 164 Å². The molecule has 5 rings (SSSR count). The number of morpholine rings is 1. The van der Waals surface area contributed by atoms with Gasteiger partial charge >= 0.3 is 0 Å². The number of pyridine rings is 2. The van der Waals surface area contributed by atoms with Crippen molar-refractivity contribution in [3.05, 3.63) is 42.2 Å². The van der Waals surface area contributed by atoms with Crippen LogP contribution in [0.5, 0.6) is 0 Å². The highest BCUT2D eigenvalue weighted by Gasteiger charge is 2.33. The van der Waals surface area contributed by atoms with Crippen molar-refractivity contribution in [2.75, 3.05) is 23.3 Å². The molecule has 3 aromatic heterocycles. The predicted octanol–water partition coefficient (Wildman–Crippen LogP) is 3.65. The third-order valence-electron chi connectivity index (χ3n) is 5.53. The van der Waals surface area contributed by atoms with Gasteiger partial charge in [0.05, 0.1) is 41.3 Å². The lowest BCUT2D eigenvalue weighted by Gasteiger charge is -2.33. The summed E-state index contributed by atoms with van der Waals surface area (Å²) >= 11 is 0. The van der Waals surface area contributed by atoms with Crippen LogP contribution in [0.25, 0.3) is 11.0 Å². The molecule has 0 aromatic carbocycles. The van der Waals surface area contributed by atoms with E-state index in [0.717, 1.165) is 54.0 Å². The van der Waals surface area contributed by atoms with Crippen LogP contribution in [0.4, 0.5) is 17.3 Å². The van der Waals surface area contributed by atoms with Crippen molar-refractivity contribution in [3.8, 4) is 0 Å². The van der Waals surface area contributed by atoms with Crippen molar-refractivity contribution in [1.29, 1.82) is 0 Å². The van der Waals surface area contributed by atoms with E-state index in [9.17, 15) is 0 Å². The van der Waals surface area contributed by atoms with E-state index >= 15 is 0 Å². The summed E-state index contributed by atoms with van der Waals surface area (Å²) in [5, 5.41) is 11.5. The molecule has 2 bridgehead atoms. The Hall–Kier alpha value is -2.80. The molecular weight excluding hydrogens is 352 g/mol. The van der Waals surface area contributed by atoms with Gasteiger partial charge in [0.15, 0.2) is 5.82 Å². The molecule has 7 heteroatoms. The number of nitrogens with one attached hydrogen (secondary N) is 1. The van der Waals surface area contributed by atoms with Crippen molar-refractivity contribution < 1.29 is 4.74 Å². The molecule has 0 saturated carbocycles. The van der Waals surface area contributed by atoms with Gasteiger partial charge in [0.1, 0.15) is 5.82 Å². The van der Waals surface area contributed by atoms with Gasteiger partial charge in [0.2, 0.25) is 0 Å². The number of hydrogen-bond donors (Lipinski definition) is 1. The fourth-order valence-corrected chi connectivity index (χ4v) is 3.95. The molecule has 28 heavy (non-hydrogen) atoms. The molecular formula is C21H24N6O. The largest absolute Gasteiger partial charge is 0.371 e. The Balaban J connectivity index is 1.41. The minimum absolute atomic E-state index is 0.349. The van der Waals surface area contributed by atoms with Crippen molar-refractivity contribution in [2.24, 2.45) is 0 Å². The molecule has 3 aromatic rings. The summed E-state index contributed by atoms with van der Waals surface area (Å²) in [5.74, 6) is 1.84. The Bertz CT molecular complexity index is 995. The average molecular weight is 376 g/mol. The van der Waals surface area contributed by atoms with E-state index in [1.54, 1.807) is 6.20 Å². The lowest BCUT2D eigenvalue weighted by molar-refractivity contribution is 0.0305. The Morgan fingerprint density at radius 3 is 2.64 bits per heavy atom. The standard InChI is InChI=1S/C21H24N6O/c1-13(2)14-7-21(26-23-9-14)25-20-6-5-18-19(24-20)8-15(10-22-18)27-11-16-3-4-17(12-27)28-16/h5-10,13,16-17H,3-4,11-12H2,1-2H3,(H,24,25,26). The lowest BCUT2D eigenvalue weighted by Crippen LogP contribution is -2.42. The average Bonchev–Trinajstić information content (AvgIpc) is 3.05. The smallest absolute Gasteiger partial charge is 0.154 e. The first kappa shape index (κ1) is 17.3. The molecule has 2 aliphatic heterocycles. The molecule has 144 valence electrons. The first-order valence-electron chi connectivity index (χ1n) is 9.91. The number of aromatic nitrogens is 4. The minimum atomic E-state index is 0.349. The Kier molecular flexibility index (Phi) is 4.31. The molecule has 2 atom stereocenters. The molecule has 2 saturated heterocycles. The summed E-state index contributed by atoms with van der Waals surface area (Å²) in [6.07, 6.45) is 6.76. The number of nitrogens with zero attached hydrogens (tertiary/aromatic N) is 5. The summed E-state index contributed by atoms with van der Waals surface area (Å²) in [7, 11) is 0. The second kappa shape index (κ2) is 6.98. The zero-order valence-electron chi connectivity index (χ0n) is 16.2. The zero-order chi connectivity index (χ0) is 19.1. The first-order chi connectivity index (χ1) is 13.6. The second-order valence-corrected chi connectivity index (χ2v) is 7.94. The van der Waals surface area contributed by atoms with Gasteiger partial charge in [0.25, 0.3) is 0 Å². The summed E-state index contributed by atoms with van der Waals surface area (Å²) in [6.45, 7) is 6.14. The maximum Gasteiger partial charge on any atom is 0.154 e. The van der Waals surface area contributed by atoms with Gasteiger partial charge in [-0.3, -0.25) is 4.98 Å². The second-order valence-electron chi connectivity index (χ2n) is 7.94. The van der Waals surface area contributed by atoms with E-state index in [1.807, 2.05) is 24.4 Å².